The Balaban J connectivity index is 1.58. The van der Waals surface area contributed by atoms with Crippen LogP contribution in [0.25, 0.3) is 0 Å². The number of guanidine groups is 1. The Morgan fingerprint density at radius 1 is 1.24 bits per heavy atom. The van der Waals surface area contributed by atoms with Gasteiger partial charge in [-0.2, -0.15) is 0 Å². The quantitative estimate of drug-likeness (QED) is 0.424. The van der Waals surface area contributed by atoms with Gasteiger partial charge in [-0.05, 0) is 30.5 Å². The minimum atomic E-state index is 0.0129. The van der Waals surface area contributed by atoms with Gasteiger partial charge in [-0.15, -0.1) is 0 Å². The van der Waals surface area contributed by atoms with Gasteiger partial charge in [0.1, 0.15) is 12.3 Å². The number of rotatable bonds is 7. The second kappa shape index (κ2) is 10.3. The van der Waals surface area contributed by atoms with E-state index in [1.165, 1.54) is 5.56 Å². The van der Waals surface area contributed by atoms with Crippen molar-refractivity contribution in [2.75, 3.05) is 60.5 Å². The van der Waals surface area contributed by atoms with Crippen LogP contribution in [0.15, 0.2) is 41.4 Å². The zero-order valence-corrected chi connectivity index (χ0v) is 17.8. The second-order valence-corrected chi connectivity index (χ2v) is 7.77. The molecule has 1 fully saturated rings. The maximum Gasteiger partial charge on any atom is 0.243 e. The van der Waals surface area contributed by atoms with Gasteiger partial charge < -0.3 is 19.9 Å². The Bertz CT molecular complexity index is 721. The first-order valence-corrected chi connectivity index (χ1v) is 10.3. The number of likely N-dealkylation sites (N-methyl/N-ethyl adjacent to an activating group) is 1. The van der Waals surface area contributed by atoms with Crippen LogP contribution in [0.1, 0.15) is 12.0 Å². The molecule has 0 spiro atoms. The maximum atomic E-state index is 12.0. The van der Waals surface area contributed by atoms with E-state index in [1.54, 1.807) is 26.1 Å². The summed E-state index contributed by atoms with van der Waals surface area (Å²) in [7, 11) is 5.21. The van der Waals surface area contributed by atoms with Gasteiger partial charge in [0.25, 0.3) is 0 Å². The topological polar surface area (TPSA) is 60.4 Å². The minimum Gasteiger partial charge on any atom is -0.497 e. The number of hydrogen-bond acceptors (Lipinski definition) is 4. The molecule has 1 atom stereocenters. The molecule has 0 saturated carbocycles. The summed E-state index contributed by atoms with van der Waals surface area (Å²) in [6.07, 6.45) is 6.49. The highest BCUT2D eigenvalue weighted by molar-refractivity contribution is 5.85. The summed E-state index contributed by atoms with van der Waals surface area (Å²) >= 11 is 0. The molecular formula is C22H33N5O2. The van der Waals surface area contributed by atoms with Crippen molar-refractivity contribution in [3.05, 3.63) is 42.0 Å². The van der Waals surface area contributed by atoms with Crippen LogP contribution in [-0.4, -0.2) is 93.1 Å². The third kappa shape index (κ3) is 5.97. The molecule has 0 bridgehead atoms. The molecule has 1 aromatic rings. The molecule has 7 heteroatoms. The lowest BCUT2D eigenvalue weighted by atomic mass is 10.1. The average Bonchev–Trinajstić information content (AvgIpc) is 3.42. The molecule has 1 aromatic carbocycles. The zero-order valence-electron chi connectivity index (χ0n) is 17.8. The highest BCUT2D eigenvalue weighted by Gasteiger charge is 2.29. The molecule has 0 aliphatic carbocycles. The molecule has 2 aliphatic heterocycles. The molecule has 3 rings (SSSR count). The van der Waals surface area contributed by atoms with Crippen LogP contribution >= 0.6 is 0 Å². The largest absolute Gasteiger partial charge is 0.497 e. The first-order chi connectivity index (χ1) is 14.1. The lowest BCUT2D eigenvalue weighted by Crippen LogP contribution is -2.44. The molecule has 1 saturated heterocycles. The third-order valence-corrected chi connectivity index (χ3v) is 5.54. The highest BCUT2D eigenvalue weighted by Crippen LogP contribution is 2.18. The van der Waals surface area contributed by atoms with E-state index in [1.807, 2.05) is 12.1 Å². The Hall–Kier alpha value is -2.54. The number of carbonyl (C=O) groups is 1. The Morgan fingerprint density at radius 2 is 1.97 bits per heavy atom. The van der Waals surface area contributed by atoms with Crippen molar-refractivity contribution in [2.24, 2.45) is 4.99 Å². The van der Waals surface area contributed by atoms with Gasteiger partial charge in [0.15, 0.2) is 5.96 Å². The van der Waals surface area contributed by atoms with Gasteiger partial charge in [-0.25, -0.2) is 4.99 Å². The van der Waals surface area contributed by atoms with E-state index >= 15 is 0 Å². The highest BCUT2D eigenvalue weighted by atomic mass is 16.5. The van der Waals surface area contributed by atoms with E-state index < -0.39 is 0 Å². The molecule has 2 aliphatic rings. The van der Waals surface area contributed by atoms with Gasteiger partial charge >= 0.3 is 0 Å². The molecule has 7 nitrogen and oxygen atoms in total. The molecule has 0 aromatic heterocycles. The monoisotopic (exact) mass is 399 g/mol. The van der Waals surface area contributed by atoms with Crippen molar-refractivity contribution in [2.45, 2.75) is 18.9 Å². The van der Waals surface area contributed by atoms with Gasteiger partial charge in [-0.1, -0.05) is 24.3 Å². The number of hydrogen-bond donors (Lipinski definition) is 1. The third-order valence-electron chi connectivity index (χ3n) is 5.54. The van der Waals surface area contributed by atoms with Crippen molar-refractivity contribution < 1.29 is 9.53 Å². The van der Waals surface area contributed by atoms with Crippen LogP contribution in [0.5, 0.6) is 5.75 Å². The smallest absolute Gasteiger partial charge is 0.243 e. The number of benzene rings is 1. The fourth-order valence-corrected chi connectivity index (χ4v) is 3.69. The summed E-state index contributed by atoms with van der Waals surface area (Å²) in [5, 5.41) is 3.48. The molecule has 29 heavy (non-hydrogen) atoms. The lowest BCUT2D eigenvalue weighted by Gasteiger charge is -2.26. The standard InChI is InChI=1S/C22H33N5O2/c1-25(2)21(28)16-24-22(23-12-10-18-6-8-20(29-3)9-7-18)27-15-11-19(17-27)26-13-4-5-14-26/h4-9,19H,10-17H2,1-3H3,(H,23,24). The average molecular weight is 400 g/mol. The number of ether oxygens (including phenoxy) is 1. The van der Waals surface area contributed by atoms with Crippen LogP contribution in [-0.2, 0) is 11.2 Å². The Labute approximate surface area is 174 Å². The minimum absolute atomic E-state index is 0.0129. The van der Waals surface area contributed by atoms with Crippen LogP contribution in [0, 0.1) is 0 Å². The molecule has 1 amide bonds. The number of amides is 1. The van der Waals surface area contributed by atoms with Gasteiger partial charge in [0, 0.05) is 52.9 Å². The molecule has 158 valence electrons. The van der Waals surface area contributed by atoms with E-state index in [0.29, 0.717) is 6.04 Å². The van der Waals surface area contributed by atoms with Crippen LogP contribution < -0.4 is 10.1 Å². The number of aliphatic imine (C=N–C) groups is 1. The molecule has 0 radical (unpaired) electrons. The predicted octanol–water partition coefficient (Wildman–Crippen LogP) is 1.22. The Morgan fingerprint density at radius 3 is 2.62 bits per heavy atom. The summed E-state index contributed by atoms with van der Waals surface area (Å²) in [5.74, 6) is 1.72. The van der Waals surface area contributed by atoms with Crippen LogP contribution in [0.3, 0.4) is 0 Å². The lowest BCUT2D eigenvalue weighted by molar-refractivity contribution is -0.127. The summed E-state index contributed by atoms with van der Waals surface area (Å²) in [5.41, 5.74) is 1.24. The van der Waals surface area contributed by atoms with E-state index in [2.05, 4.69) is 44.4 Å². The van der Waals surface area contributed by atoms with Crippen molar-refractivity contribution in [3.63, 3.8) is 0 Å². The molecule has 2 heterocycles. The fourth-order valence-electron chi connectivity index (χ4n) is 3.69. The summed E-state index contributed by atoms with van der Waals surface area (Å²) < 4.78 is 5.22. The van der Waals surface area contributed by atoms with Crippen LogP contribution in [0.4, 0.5) is 0 Å². The Kier molecular flexibility index (Phi) is 7.52. The molecule has 1 N–H and O–H groups in total. The van der Waals surface area contributed by atoms with Crippen molar-refractivity contribution in [3.8, 4) is 5.75 Å². The summed E-state index contributed by atoms with van der Waals surface area (Å²) in [4.78, 5) is 23.0. The van der Waals surface area contributed by atoms with E-state index in [4.69, 9.17) is 4.74 Å². The van der Waals surface area contributed by atoms with E-state index in [0.717, 1.165) is 57.3 Å². The normalized spacial score (nSPS) is 19.6. The van der Waals surface area contributed by atoms with Gasteiger partial charge in [-0.3, -0.25) is 9.69 Å². The number of carbonyl (C=O) groups excluding carboxylic acids is 1. The van der Waals surface area contributed by atoms with Crippen molar-refractivity contribution in [1.82, 2.24) is 20.0 Å². The van der Waals surface area contributed by atoms with Crippen LogP contribution in [0.2, 0.25) is 0 Å². The number of likely N-dealkylation sites (tertiary alicyclic amines) is 1. The summed E-state index contributed by atoms with van der Waals surface area (Å²) in [6, 6.07) is 8.67. The first kappa shape index (κ1) is 21.2. The van der Waals surface area contributed by atoms with Gasteiger partial charge in [0.05, 0.1) is 7.11 Å². The number of methoxy groups -OCH3 is 1. The van der Waals surface area contributed by atoms with E-state index in [9.17, 15) is 4.79 Å². The van der Waals surface area contributed by atoms with Gasteiger partial charge in [0.2, 0.25) is 5.91 Å². The number of nitrogens with zero attached hydrogens (tertiary/aromatic N) is 4. The zero-order chi connectivity index (χ0) is 20.6. The second-order valence-electron chi connectivity index (χ2n) is 7.77. The van der Waals surface area contributed by atoms with E-state index in [-0.39, 0.29) is 12.5 Å². The first-order valence-electron chi connectivity index (χ1n) is 10.3. The SMILES string of the molecule is COc1ccc(CCNC(=NCC(=O)N(C)C)N2CCC(N3CC=CC3)C2)cc1. The van der Waals surface area contributed by atoms with Crippen molar-refractivity contribution >= 4 is 11.9 Å². The number of nitrogens with one attached hydrogen (secondary N) is 1. The maximum absolute atomic E-state index is 12.0. The predicted molar refractivity (Wildman–Crippen MR) is 116 cm³/mol. The molecular weight excluding hydrogens is 366 g/mol. The fraction of sp³-hybridized carbons (Fsp3) is 0.545. The van der Waals surface area contributed by atoms with Crippen molar-refractivity contribution in [1.29, 1.82) is 0 Å². The molecule has 1 unspecified atom stereocenters. The summed E-state index contributed by atoms with van der Waals surface area (Å²) in [6.45, 7) is 4.93.